The largest absolute Gasteiger partial charge is 0.334 e. The Labute approximate surface area is 123 Å². The second-order valence-electron chi connectivity index (χ2n) is 4.57. The number of nitrogens with zero attached hydrogens (tertiary/aromatic N) is 1. The van der Waals surface area contributed by atoms with Crippen LogP contribution in [-0.4, -0.2) is 17.4 Å². The maximum absolute atomic E-state index is 13.6. The van der Waals surface area contributed by atoms with E-state index in [9.17, 15) is 13.6 Å². The van der Waals surface area contributed by atoms with Crippen LogP contribution < -0.4 is 0 Å². The highest BCUT2D eigenvalue weighted by atomic mass is 35.5. The Bertz CT molecular complexity index is 666. The molecule has 1 aliphatic rings. The first kappa shape index (κ1) is 13.5. The van der Waals surface area contributed by atoms with Crippen LogP contribution >= 0.6 is 22.9 Å². The van der Waals surface area contributed by atoms with Crippen molar-refractivity contribution in [2.75, 3.05) is 6.54 Å². The van der Waals surface area contributed by atoms with E-state index in [1.807, 2.05) is 0 Å². The number of halogens is 3. The number of benzene rings is 1. The summed E-state index contributed by atoms with van der Waals surface area (Å²) in [6.45, 7) is 0.779. The number of carbonyl (C=O) groups excluding carboxylic acids is 1. The van der Waals surface area contributed by atoms with E-state index in [4.69, 9.17) is 11.6 Å². The van der Waals surface area contributed by atoms with Gasteiger partial charge in [0, 0.05) is 18.0 Å². The number of hydrogen-bond acceptors (Lipinski definition) is 2. The van der Waals surface area contributed by atoms with Gasteiger partial charge in [-0.2, -0.15) is 0 Å². The van der Waals surface area contributed by atoms with Crippen LogP contribution in [0.15, 0.2) is 24.3 Å². The molecular weight excluding hydrogens is 304 g/mol. The van der Waals surface area contributed by atoms with Crippen molar-refractivity contribution in [2.24, 2.45) is 0 Å². The Hall–Kier alpha value is -1.46. The lowest BCUT2D eigenvalue weighted by molar-refractivity contribution is 0.0726. The fourth-order valence-electron chi connectivity index (χ4n) is 2.33. The summed E-state index contributed by atoms with van der Waals surface area (Å²) in [5, 5.41) is 0. The first-order chi connectivity index (χ1) is 9.56. The zero-order valence-corrected chi connectivity index (χ0v) is 11.9. The second-order valence-corrected chi connectivity index (χ2v) is 6.34. The van der Waals surface area contributed by atoms with Crippen LogP contribution in [-0.2, 0) is 13.0 Å². The highest BCUT2D eigenvalue weighted by Crippen LogP contribution is 2.31. The molecule has 0 atom stereocenters. The topological polar surface area (TPSA) is 20.3 Å². The van der Waals surface area contributed by atoms with Gasteiger partial charge >= 0.3 is 0 Å². The summed E-state index contributed by atoms with van der Waals surface area (Å²) in [6.07, 6.45) is 0.661. The van der Waals surface area contributed by atoms with Gasteiger partial charge in [-0.25, -0.2) is 8.78 Å². The summed E-state index contributed by atoms with van der Waals surface area (Å²) < 4.78 is 28.0. The van der Waals surface area contributed by atoms with Gasteiger partial charge in [0.1, 0.15) is 17.2 Å². The first-order valence-electron chi connectivity index (χ1n) is 6.06. The summed E-state index contributed by atoms with van der Waals surface area (Å²) in [6, 6.07) is 5.23. The highest BCUT2D eigenvalue weighted by Gasteiger charge is 2.27. The molecule has 1 amide bonds. The predicted octanol–water partition coefficient (Wildman–Crippen LogP) is 3.88. The Balaban J connectivity index is 1.89. The second kappa shape index (κ2) is 5.14. The molecule has 1 aromatic carbocycles. The van der Waals surface area contributed by atoms with Crippen molar-refractivity contribution in [3.63, 3.8) is 0 Å². The molecule has 0 fully saturated rings. The fraction of sp³-hybridized carbons (Fsp3) is 0.214. The van der Waals surface area contributed by atoms with Gasteiger partial charge in [0.2, 0.25) is 0 Å². The van der Waals surface area contributed by atoms with E-state index >= 15 is 0 Å². The smallest absolute Gasteiger partial charge is 0.260 e. The van der Waals surface area contributed by atoms with Crippen LogP contribution in [0.2, 0.25) is 4.34 Å². The van der Waals surface area contributed by atoms with Crippen molar-refractivity contribution < 1.29 is 13.6 Å². The third-order valence-corrected chi connectivity index (χ3v) is 4.67. The number of rotatable bonds is 1. The van der Waals surface area contributed by atoms with Crippen molar-refractivity contribution in [3.8, 4) is 0 Å². The van der Waals surface area contributed by atoms with Gasteiger partial charge in [-0.15, -0.1) is 11.3 Å². The van der Waals surface area contributed by atoms with Crippen molar-refractivity contribution in [1.29, 1.82) is 0 Å². The highest BCUT2D eigenvalue weighted by molar-refractivity contribution is 7.16. The predicted molar refractivity (Wildman–Crippen MR) is 74.1 cm³/mol. The van der Waals surface area contributed by atoms with Gasteiger partial charge in [0.25, 0.3) is 5.91 Å². The van der Waals surface area contributed by atoms with Crippen molar-refractivity contribution in [2.45, 2.75) is 13.0 Å². The van der Waals surface area contributed by atoms with Gasteiger partial charge in [0.05, 0.1) is 4.34 Å². The van der Waals surface area contributed by atoms with Crippen molar-refractivity contribution >= 4 is 28.8 Å². The average Bonchev–Trinajstić information content (AvgIpc) is 2.77. The molecule has 2 nitrogen and oxygen atoms in total. The molecule has 104 valence electrons. The lowest BCUT2D eigenvalue weighted by Crippen LogP contribution is -2.36. The average molecular weight is 314 g/mol. The van der Waals surface area contributed by atoms with Crippen molar-refractivity contribution in [1.82, 2.24) is 4.90 Å². The van der Waals surface area contributed by atoms with E-state index in [0.717, 1.165) is 22.6 Å². The number of fused-ring (bicyclic) bond motifs is 1. The van der Waals surface area contributed by atoms with E-state index in [1.54, 1.807) is 6.07 Å². The number of thiophene rings is 1. The third kappa shape index (κ3) is 2.31. The Kier molecular flexibility index (Phi) is 3.48. The Morgan fingerprint density at radius 2 is 2.00 bits per heavy atom. The minimum atomic E-state index is -0.829. The molecule has 0 bridgehead atoms. The molecule has 0 spiro atoms. The van der Waals surface area contributed by atoms with E-state index in [1.165, 1.54) is 22.3 Å². The zero-order valence-electron chi connectivity index (χ0n) is 10.3. The van der Waals surface area contributed by atoms with E-state index in [2.05, 4.69) is 0 Å². The van der Waals surface area contributed by atoms with Gasteiger partial charge < -0.3 is 4.90 Å². The van der Waals surface area contributed by atoms with Crippen LogP contribution in [0, 0.1) is 11.6 Å². The maximum atomic E-state index is 13.6. The van der Waals surface area contributed by atoms with Crippen LogP contribution in [0.1, 0.15) is 20.8 Å². The molecule has 3 rings (SSSR count). The van der Waals surface area contributed by atoms with Gasteiger partial charge in [-0.1, -0.05) is 17.7 Å². The zero-order chi connectivity index (χ0) is 14.3. The number of carbonyl (C=O) groups is 1. The minimum absolute atomic E-state index is 0.338. The molecule has 0 saturated carbocycles. The van der Waals surface area contributed by atoms with Crippen LogP contribution in [0.3, 0.4) is 0 Å². The van der Waals surface area contributed by atoms with Gasteiger partial charge in [-0.05, 0) is 30.2 Å². The molecule has 1 aliphatic heterocycles. The Morgan fingerprint density at radius 3 is 2.70 bits per heavy atom. The fourth-order valence-corrected chi connectivity index (χ4v) is 3.63. The SMILES string of the molecule is O=C(c1c(F)cccc1F)N1CCc2sc(Cl)cc2C1. The molecule has 0 radical (unpaired) electrons. The van der Waals surface area contributed by atoms with Crippen LogP contribution in [0.5, 0.6) is 0 Å². The quantitative estimate of drug-likeness (QED) is 0.782. The summed E-state index contributed by atoms with van der Waals surface area (Å²) in [4.78, 5) is 14.9. The third-order valence-electron chi connectivity index (χ3n) is 3.30. The maximum Gasteiger partial charge on any atom is 0.260 e. The summed E-state index contributed by atoms with van der Waals surface area (Å²) in [5.41, 5.74) is 0.466. The summed E-state index contributed by atoms with van der Waals surface area (Å²) in [5.74, 6) is -2.28. The first-order valence-corrected chi connectivity index (χ1v) is 7.26. The molecule has 1 aromatic heterocycles. The molecule has 0 N–H and O–H groups in total. The number of hydrogen-bond donors (Lipinski definition) is 0. The molecule has 0 saturated heterocycles. The monoisotopic (exact) mass is 313 g/mol. The molecule has 20 heavy (non-hydrogen) atoms. The van der Waals surface area contributed by atoms with Crippen molar-refractivity contribution in [3.05, 3.63) is 56.2 Å². The standard InChI is InChI=1S/C14H10ClF2NOS/c15-12-6-8-7-18(5-4-11(8)20-12)14(19)13-9(16)2-1-3-10(13)17/h1-3,6H,4-5,7H2. The molecule has 0 unspecified atom stereocenters. The normalized spacial score (nSPS) is 14.2. The van der Waals surface area contributed by atoms with E-state index in [-0.39, 0.29) is 0 Å². The molecule has 2 heterocycles. The molecule has 2 aromatic rings. The Morgan fingerprint density at radius 1 is 1.30 bits per heavy atom. The lowest BCUT2D eigenvalue weighted by Gasteiger charge is -2.27. The van der Waals surface area contributed by atoms with Gasteiger partial charge in [-0.3, -0.25) is 4.79 Å². The molecule has 6 heteroatoms. The lowest BCUT2D eigenvalue weighted by atomic mass is 10.1. The summed E-state index contributed by atoms with van der Waals surface area (Å²) >= 11 is 7.43. The summed E-state index contributed by atoms with van der Waals surface area (Å²) in [7, 11) is 0. The minimum Gasteiger partial charge on any atom is -0.334 e. The van der Waals surface area contributed by atoms with Gasteiger partial charge in [0.15, 0.2) is 0 Å². The molecule has 0 aliphatic carbocycles. The van der Waals surface area contributed by atoms with E-state index in [0.29, 0.717) is 23.8 Å². The molecular formula is C14H10ClF2NOS. The number of amides is 1. The van der Waals surface area contributed by atoms with Crippen LogP contribution in [0.4, 0.5) is 8.78 Å². The van der Waals surface area contributed by atoms with Crippen LogP contribution in [0.25, 0.3) is 0 Å². The van der Waals surface area contributed by atoms with E-state index < -0.39 is 23.1 Å².